The summed E-state index contributed by atoms with van der Waals surface area (Å²) in [6.45, 7) is 3.98. The molecule has 1 aromatic carbocycles. The summed E-state index contributed by atoms with van der Waals surface area (Å²) in [5.41, 5.74) is 3.42. The molecule has 136 valence electrons. The maximum absolute atomic E-state index is 12.3. The van der Waals surface area contributed by atoms with Gasteiger partial charge >= 0.3 is 0 Å². The average molecular weight is 445 g/mol. The molecule has 0 aliphatic heterocycles. The van der Waals surface area contributed by atoms with Crippen LogP contribution in [-0.2, 0) is 6.42 Å². The normalized spacial score (nSPS) is 11.3. The highest BCUT2D eigenvalue weighted by atomic mass is 79.9. The summed E-state index contributed by atoms with van der Waals surface area (Å²) in [5.74, 6) is 1.32. The van der Waals surface area contributed by atoms with Crippen molar-refractivity contribution in [3.63, 3.8) is 0 Å². The first-order chi connectivity index (χ1) is 12.9. The van der Waals surface area contributed by atoms with Crippen molar-refractivity contribution in [2.75, 3.05) is 0 Å². The number of aryl methyl sites for hydroxylation is 2. The Balaban J connectivity index is 1.64. The molecule has 0 bridgehead atoms. The van der Waals surface area contributed by atoms with Gasteiger partial charge in [0.05, 0.1) is 21.6 Å². The second-order valence-electron chi connectivity index (χ2n) is 6.34. The van der Waals surface area contributed by atoms with E-state index < -0.39 is 0 Å². The van der Waals surface area contributed by atoms with Gasteiger partial charge in [-0.15, -0.1) is 0 Å². The number of hydrogen-bond acceptors (Lipinski definition) is 4. The lowest BCUT2D eigenvalue weighted by Crippen LogP contribution is -2.12. The largest absolute Gasteiger partial charge is 0.310 e. The molecule has 4 aromatic rings. The predicted octanol–water partition coefficient (Wildman–Crippen LogP) is 4.13. The van der Waals surface area contributed by atoms with Crippen molar-refractivity contribution >= 4 is 38.4 Å². The fourth-order valence-electron chi connectivity index (χ4n) is 2.78. The van der Waals surface area contributed by atoms with Gasteiger partial charge in [-0.2, -0.15) is 5.10 Å². The van der Waals surface area contributed by atoms with Crippen molar-refractivity contribution in [1.29, 1.82) is 0 Å². The molecule has 3 heterocycles. The molecule has 3 aromatic heterocycles. The van der Waals surface area contributed by atoms with Crippen molar-refractivity contribution in [1.82, 2.24) is 24.7 Å². The molecular formula is C19H15BrClN5O. The third-order valence-corrected chi connectivity index (χ3v) is 5.55. The van der Waals surface area contributed by atoms with E-state index in [2.05, 4.69) is 36.0 Å². The Bertz CT molecular complexity index is 1190. The van der Waals surface area contributed by atoms with Crippen molar-refractivity contribution in [2.24, 2.45) is 0 Å². The van der Waals surface area contributed by atoms with Crippen LogP contribution < -0.4 is 5.56 Å². The molecule has 6 nitrogen and oxygen atoms in total. The van der Waals surface area contributed by atoms with Crippen LogP contribution in [0.1, 0.15) is 22.6 Å². The molecule has 0 saturated heterocycles. The van der Waals surface area contributed by atoms with E-state index in [9.17, 15) is 4.79 Å². The molecule has 8 heteroatoms. The number of fused-ring (bicyclic) bond motifs is 1. The summed E-state index contributed by atoms with van der Waals surface area (Å²) >= 11 is 9.43. The van der Waals surface area contributed by atoms with Crippen LogP contribution in [0.3, 0.4) is 0 Å². The first-order valence-corrected chi connectivity index (χ1v) is 9.44. The molecule has 0 radical (unpaired) electrons. The number of rotatable bonds is 3. The fourth-order valence-corrected chi connectivity index (χ4v) is 3.27. The summed E-state index contributed by atoms with van der Waals surface area (Å²) in [7, 11) is 0. The number of aromatic amines is 1. The van der Waals surface area contributed by atoms with Gasteiger partial charge in [0.1, 0.15) is 5.82 Å². The van der Waals surface area contributed by atoms with Crippen LogP contribution >= 0.6 is 27.5 Å². The lowest BCUT2D eigenvalue weighted by molar-refractivity contribution is 0.828. The van der Waals surface area contributed by atoms with Gasteiger partial charge < -0.3 is 4.98 Å². The van der Waals surface area contributed by atoms with E-state index >= 15 is 0 Å². The van der Waals surface area contributed by atoms with Crippen molar-refractivity contribution in [2.45, 2.75) is 20.3 Å². The van der Waals surface area contributed by atoms with Gasteiger partial charge in [0.2, 0.25) is 0 Å². The van der Waals surface area contributed by atoms with Crippen molar-refractivity contribution in [3.05, 3.63) is 79.2 Å². The summed E-state index contributed by atoms with van der Waals surface area (Å²) in [6, 6.07) is 7.22. The quantitative estimate of drug-likeness (QED) is 0.515. The van der Waals surface area contributed by atoms with Crippen LogP contribution in [0.2, 0.25) is 5.02 Å². The molecule has 0 aliphatic carbocycles. The molecule has 0 spiro atoms. The Hall–Kier alpha value is -2.51. The predicted molar refractivity (Wildman–Crippen MR) is 109 cm³/mol. The van der Waals surface area contributed by atoms with Crippen LogP contribution in [0.4, 0.5) is 0 Å². The molecule has 27 heavy (non-hydrogen) atoms. The Kier molecular flexibility index (Phi) is 4.57. The minimum atomic E-state index is -0.212. The van der Waals surface area contributed by atoms with Gasteiger partial charge in [-0.05, 0) is 59.1 Å². The highest BCUT2D eigenvalue weighted by molar-refractivity contribution is 9.10. The van der Waals surface area contributed by atoms with E-state index in [1.165, 1.54) is 0 Å². The van der Waals surface area contributed by atoms with Gasteiger partial charge in [0, 0.05) is 23.3 Å². The van der Waals surface area contributed by atoms with Crippen LogP contribution in [0.5, 0.6) is 0 Å². The maximum Gasteiger partial charge on any atom is 0.258 e. The van der Waals surface area contributed by atoms with Gasteiger partial charge in [-0.1, -0.05) is 17.7 Å². The first-order valence-electron chi connectivity index (χ1n) is 8.27. The SMILES string of the molecule is Cc1cn(-c2ccc(Cc3nc4cc(Br)c(Cl)cc4c(=O)[nH]3)cn2)nc1C. The number of pyridine rings is 1. The number of nitrogens with zero attached hydrogens (tertiary/aromatic N) is 4. The molecule has 0 atom stereocenters. The van der Waals surface area contributed by atoms with Crippen LogP contribution in [-0.4, -0.2) is 24.7 Å². The molecule has 0 unspecified atom stereocenters. The molecule has 0 amide bonds. The van der Waals surface area contributed by atoms with Gasteiger partial charge in [-0.3, -0.25) is 4.79 Å². The Morgan fingerprint density at radius 3 is 2.74 bits per heavy atom. The van der Waals surface area contributed by atoms with E-state index in [4.69, 9.17) is 11.6 Å². The highest BCUT2D eigenvalue weighted by Crippen LogP contribution is 2.25. The van der Waals surface area contributed by atoms with Gasteiger partial charge in [-0.25, -0.2) is 14.6 Å². The van der Waals surface area contributed by atoms with E-state index in [-0.39, 0.29) is 5.56 Å². The zero-order chi connectivity index (χ0) is 19.1. The third kappa shape index (κ3) is 3.52. The second kappa shape index (κ2) is 6.90. The fraction of sp³-hybridized carbons (Fsp3) is 0.158. The standard InChI is InChI=1S/C19H15BrClN5O/c1-10-9-26(25-11(10)2)18-4-3-12(8-22-18)5-17-23-16-7-14(20)15(21)6-13(16)19(27)24-17/h3-4,6-9H,5H2,1-2H3,(H,23,24,27). The van der Waals surface area contributed by atoms with E-state index in [0.29, 0.717) is 32.6 Å². The van der Waals surface area contributed by atoms with Crippen LogP contribution in [0.15, 0.2) is 45.9 Å². The van der Waals surface area contributed by atoms with Gasteiger partial charge in [0.25, 0.3) is 5.56 Å². The zero-order valence-electron chi connectivity index (χ0n) is 14.6. The lowest BCUT2D eigenvalue weighted by Gasteiger charge is -2.06. The second-order valence-corrected chi connectivity index (χ2v) is 7.60. The third-order valence-electron chi connectivity index (χ3n) is 4.36. The summed E-state index contributed by atoms with van der Waals surface area (Å²) < 4.78 is 2.46. The van der Waals surface area contributed by atoms with Crippen molar-refractivity contribution in [3.8, 4) is 5.82 Å². The summed E-state index contributed by atoms with van der Waals surface area (Å²) in [4.78, 5) is 24.2. The highest BCUT2D eigenvalue weighted by Gasteiger charge is 2.09. The minimum absolute atomic E-state index is 0.212. The molecule has 0 aliphatic rings. The number of aromatic nitrogens is 5. The number of hydrogen-bond donors (Lipinski definition) is 1. The summed E-state index contributed by atoms with van der Waals surface area (Å²) in [6.07, 6.45) is 4.18. The zero-order valence-corrected chi connectivity index (χ0v) is 17.0. The molecule has 0 fully saturated rings. The Labute approximate surface area is 168 Å². The van der Waals surface area contributed by atoms with E-state index in [0.717, 1.165) is 22.6 Å². The molecular weight excluding hydrogens is 430 g/mol. The topological polar surface area (TPSA) is 76.5 Å². The first kappa shape index (κ1) is 17.9. The van der Waals surface area contributed by atoms with E-state index in [1.54, 1.807) is 23.0 Å². The van der Waals surface area contributed by atoms with E-state index in [1.807, 2.05) is 32.2 Å². The molecule has 4 rings (SSSR count). The average Bonchev–Trinajstić information content (AvgIpc) is 2.96. The van der Waals surface area contributed by atoms with Gasteiger partial charge in [0.15, 0.2) is 5.82 Å². The number of H-pyrrole nitrogens is 1. The minimum Gasteiger partial charge on any atom is -0.310 e. The smallest absolute Gasteiger partial charge is 0.258 e. The molecule has 1 N–H and O–H groups in total. The Morgan fingerprint density at radius 2 is 2.07 bits per heavy atom. The molecule has 0 saturated carbocycles. The number of benzene rings is 1. The number of halogens is 2. The van der Waals surface area contributed by atoms with Crippen molar-refractivity contribution < 1.29 is 0 Å². The Morgan fingerprint density at radius 1 is 1.26 bits per heavy atom. The van der Waals surface area contributed by atoms with Crippen LogP contribution in [0, 0.1) is 13.8 Å². The lowest BCUT2D eigenvalue weighted by atomic mass is 10.2. The summed E-state index contributed by atoms with van der Waals surface area (Å²) in [5, 5.41) is 5.38. The monoisotopic (exact) mass is 443 g/mol. The maximum atomic E-state index is 12.3. The number of nitrogens with one attached hydrogen (secondary N) is 1. The van der Waals surface area contributed by atoms with Crippen LogP contribution in [0.25, 0.3) is 16.7 Å².